The quantitative estimate of drug-likeness (QED) is 0.726. The van der Waals surface area contributed by atoms with Crippen molar-refractivity contribution < 1.29 is 22.7 Å². The first-order chi connectivity index (χ1) is 12.9. The molecule has 1 saturated heterocycles. The van der Waals surface area contributed by atoms with Gasteiger partial charge in [-0.1, -0.05) is 13.0 Å². The second-order valence-corrected chi connectivity index (χ2v) is 8.92. The molecule has 1 heterocycles. The van der Waals surface area contributed by atoms with Crippen LogP contribution in [0.4, 0.5) is 0 Å². The smallest absolute Gasteiger partial charge is 0.223 e. The number of benzene rings is 1. The van der Waals surface area contributed by atoms with Crippen LogP contribution in [0.2, 0.25) is 0 Å². The Bertz CT molecular complexity index is 742. The average Bonchev–Trinajstić information content (AvgIpc) is 2.71. The van der Waals surface area contributed by atoms with Crippen molar-refractivity contribution in [2.24, 2.45) is 5.92 Å². The third-order valence-corrected chi connectivity index (χ3v) is 7.00. The van der Waals surface area contributed by atoms with Gasteiger partial charge in [-0.25, -0.2) is 12.7 Å². The highest BCUT2D eigenvalue weighted by atomic mass is 32.2. The summed E-state index contributed by atoms with van der Waals surface area (Å²) in [6.45, 7) is 4.46. The SMILES string of the molecule is CCC(NC(=O)C1CCN(S(=O)(=O)CC)CC1)c1ccc(OC)c(OC)c1. The fraction of sp³-hybridized carbons (Fsp3) is 0.632. The fourth-order valence-electron chi connectivity index (χ4n) is 3.36. The standard InChI is InChI=1S/C19H30N2O5S/c1-5-16(15-7-8-17(25-3)18(13-15)26-4)20-19(22)14-9-11-21(12-10-14)27(23,24)6-2/h7-8,13-14,16H,5-6,9-12H2,1-4H3,(H,20,22). The predicted molar refractivity (Wildman–Crippen MR) is 104 cm³/mol. The molecule has 0 spiro atoms. The van der Waals surface area contributed by atoms with E-state index in [-0.39, 0.29) is 23.6 Å². The van der Waals surface area contributed by atoms with Gasteiger partial charge in [0.15, 0.2) is 11.5 Å². The lowest BCUT2D eigenvalue weighted by molar-refractivity contribution is -0.126. The first-order valence-electron chi connectivity index (χ1n) is 9.36. The van der Waals surface area contributed by atoms with Gasteiger partial charge in [-0.15, -0.1) is 0 Å². The van der Waals surface area contributed by atoms with Gasteiger partial charge < -0.3 is 14.8 Å². The normalized spacial score (nSPS) is 17.3. The maximum Gasteiger partial charge on any atom is 0.223 e. The summed E-state index contributed by atoms with van der Waals surface area (Å²) in [6.07, 6.45) is 1.84. The molecule has 1 fully saturated rings. The van der Waals surface area contributed by atoms with Gasteiger partial charge in [-0.2, -0.15) is 0 Å². The lowest BCUT2D eigenvalue weighted by Crippen LogP contribution is -2.44. The van der Waals surface area contributed by atoms with Gasteiger partial charge in [0, 0.05) is 19.0 Å². The second-order valence-electron chi connectivity index (χ2n) is 6.66. The Hall–Kier alpha value is -1.80. The van der Waals surface area contributed by atoms with Gasteiger partial charge >= 0.3 is 0 Å². The van der Waals surface area contributed by atoms with Crippen molar-refractivity contribution in [2.75, 3.05) is 33.1 Å². The van der Waals surface area contributed by atoms with Crippen LogP contribution in [0.25, 0.3) is 0 Å². The molecule has 1 amide bonds. The van der Waals surface area contributed by atoms with Gasteiger partial charge in [0.2, 0.25) is 15.9 Å². The number of carbonyl (C=O) groups is 1. The Balaban J connectivity index is 2.02. The predicted octanol–water partition coefficient (Wildman–Crippen LogP) is 2.33. The van der Waals surface area contributed by atoms with E-state index in [1.807, 2.05) is 25.1 Å². The van der Waals surface area contributed by atoms with Crippen LogP contribution in [0.5, 0.6) is 11.5 Å². The fourth-order valence-corrected chi connectivity index (χ4v) is 4.49. The van der Waals surface area contributed by atoms with E-state index in [2.05, 4.69) is 5.32 Å². The Morgan fingerprint density at radius 3 is 2.33 bits per heavy atom. The summed E-state index contributed by atoms with van der Waals surface area (Å²) >= 11 is 0. The van der Waals surface area contributed by atoms with E-state index in [4.69, 9.17) is 9.47 Å². The third-order valence-electron chi connectivity index (χ3n) is 5.12. The number of sulfonamides is 1. The summed E-state index contributed by atoms with van der Waals surface area (Å²) in [5, 5.41) is 3.11. The number of nitrogens with zero attached hydrogens (tertiary/aromatic N) is 1. The van der Waals surface area contributed by atoms with Crippen molar-refractivity contribution in [3.05, 3.63) is 23.8 Å². The zero-order chi connectivity index (χ0) is 20.0. The Labute approximate surface area is 162 Å². The van der Waals surface area contributed by atoms with Gasteiger partial charge in [0.25, 0.3) is 0 Å². The third kappa shape index (κ3) is 5.13. The van der Waals surface area contributed by atoms with E-state index in [1.165, 1.54) is 4.31 Å². The maximum absolute atomic E-state index is 12.7. The van der Waals surface area contributed by atoms with Crippen LogP contribution in [-0.2, 0) is 14.8 Å². The summed E-state index contributed by atoms with van der Waals surface area (Å²) in [7, 11) is -0.0119. The monoisotopic (exact) mass is 398 g/mol. The first-order valence-corrected chi connectivity index (χ1v) is 11.0. The molecule has 2 rings (SSSR count). The highest BCUT2D eigenvalue weighted by molar-refractivity contribution is 7.89. The van der Waals surface area contributed by atoms with E-state index in [0.717, 1.165) is 12.0 Å². The Morgan fingerprint density at radius 1 is 1.19 bits per heavy atom. The minimum Gasteiger partial charge on any atom is -0.493 e. The Kier molecular flexibility index (Phi) is 7.49. The van der Waals surface area contributed by atoms with Gasteiger partial charge in [-0.3, -0.25) is 4.79 Å². The van der Waals surface area contributed by atoms with Crippen molar-refractivity contribution in [2.45, 2.75) is 39.2 Å². The zero-order valence-corrected chi connectivity index (χ0v) is 17.3. The molecule has 0 aliphatic carbocycles. The largest absolute Gasteiger partial charge is 0.493 e. The lowest BCUT2D eigenvalue weighted by Gasteiger charge is -2.31. The van der Waals surface area contributed by atoms with Crippen molar-refractivity contribution >= 4 is 15.9 Å². The highest BCUT2D eigenvalue weighted by Gasteiger charge is 2.31. The molecule has 0 radical (unpaired) electrons. The van der Waals surface area contributed by atoms with Crippen LogP contribution < -0.4 is 14.8 Å². The molecule has 1 aromatic rings. The van der Waals surface area contributed by atoms with Crippen molar-refractivity contribution in [3.63, 3.8) is 0 Å². The molecule has 152 valence electrons. The van der Waals surface area contributed by atoms with E-state index in [0.29, 0.717) is 37.4 Å². The summed E-state index contributed by atoms with van der Waals surface area (Å²) in [4.78, 5) is 12.7. The molecule has 1 aliphatic rings. The number of nitrogens with one attached hydrogen (secondary N) is 1. The number of carbonyl (C=O) groups excluding carboxylic acids is 1. The molecule has 1 aliphatic heterocycles. The molecular formula is C19H30N2O5S. The molecule has 0 bridgehead atoms. The topological polar surface area (TPSA) is 84.9 Å². The van der Waals surface area contributed by atoms with Crippen LogP contribution in [0.3, 0.4) is 0 Å². The molecule has 8 heteroatoms. The lowest BCUT2D eigenvalue weighted by atomic mass is 9.95. The number of piperidine rings is 1. The number of hydrogen-bond acceptors (Lipinski definition) is 5. The minimum absolute atomic E-state index is 0.0230. The second kappa shape index (κ2) is 9.41. The average molecular weight is 399 g/mol. The highest BCUT2D eigenvalue weighted by Crippen LogP contribution is 2.31. The van der Waals surface area contributed by atoms with E-state index < -0.39 is 10.0 Å². The number of rotatable bonds is 8. The molecular weight excluding hydrogens is 368 g/mol. The number of ether oxygens (including phenoxy) is 2. The van der Waals surface area contributed by atoms with Crippen LogP contribution >= 0.6 is 0 Å². The van der Waals surface area contributed by atoms with Crippen LogP contribution in [0.15, 0.2) is 18.2 Å². The summed E-state index contributed by atoms with van der Waals surface area (Å²) in [6, 6.07) is 5.50. The van der Waals surface area contributed by atoms with Gasteiger partial charge in [-0.05, 0) is 43.9 Å². The van der Waals surface area contributed by atoms with Crippen molar-refractivity contribution in [1.82, 2.24) is 9.62 Å². The van der Waals surface area contributed by atoms with E-state index >= 15 is 0 Å². The van der Waals surface area contributed by atoms with Crippen molar-refractivity contribution in [3.8, 4) is 11.5 Å². The van der Waals surface area contributed by atoms with E-state index in [9.17, 15) is 13.2 Å². The Morgan fingerprint density at radius 2 is 1.81 bits per heavy atom. The number of amides is 1. The molecule has 0 saturated carbocycles. The zero-order valence-electron chi connectivity index (χ0n) is 16.5. The molecule has 1 N–H and O–H groups in total. The molecule has 0 aromatic heterocycles. The summed E-state index contributed by atoms with van der Waals surface area (Å²) in [5.41, 5.74) is 0.953. The maximum atomic E-state index is 12.7. The number of methoxy groups -OCH3 is 2. The number of hydrogen-bond donors (Lipinski definition) is 1. The van der Waals surface area contributed by atoms with Crippen LogP contribution in [0, 0.1) is 5.92 Å². The van der Waals surface area contributed by atoms with Crippen LogP contribution in [0.1, 0.15) is 44.7 Å². The summed E-state index contributed by atoms with van der Waals surface area (Å²) in [5.74, 6) is 1.18. The molecule has 1 aromatic carbocycles. The van der Waals surface area contributed by atoms with Crippen LogP contribution in [-0.4, -0.2) is 51.7 Å². The molecule has 1 atom stereocenters. The first kappa shape index (κ1) is 21.5. The summed E-state index contributed by atoms with van der Waals surface area (Å²) < 4.78 is 36.0. The molecule has 7 nitrogen and oxygen atoms in total. The van der Waals surface area contributed by atoms with Crippen molar-refractivity contribution in [1.29, 1.82) is 0 Å². The minimum atomic E-state index is -3.18. The molecule has 1 unspecified atom stereocenters. The van der Waals surface area contributed by atoms with Gasteiger partial charge in [0.1, 0.15) is 0 Å². The molecule has 27 heavy (non-hydrogen) atoms. The van der Waals surface area contributed by atoms with Gasteiger partial charge in [0.05, 0.1) is 26.0 Å². The van der Waals surface area contributed by atoms with E-state index in [1.54, 1.807) is 21.1 Å².